The molecule has 9 heteroatoms. The first kappa shape index (κ1) is 23.0. The Balaban J connectivity index is 0.000000478. The van der Waals surface area contributed by atoms with Crippen LogP contribution in [0.5, 0.6) is 0 Å². The summed E-state index contributed by atoms with van der Waals surface area (Å²) in [5.74, 6) is 0.373. The third-order valence-corrected chi connectivity index (χ3v) is 5.27. The Morgan fingerprint density at radius 3 is 2.48 bits per heavy atom. The molecular formula is C22H26F4N4O. The zero-order valence-corrected chi connectivity index (χ0v) is 17.6. The molecule has 2 aliphatic rings. The number of amides is 1. The van der Waals surface area contributed by atoms with E-state index in [0.717, 1.165) is 61.7 Å². The van der Waals surface area contributed by atoms with E-state index in [1.807, 2.05) is 13.0 Å². The number of aromatic nitrogens is 2. The summed E-state index contributed by atoms with van der Waals surface area (Å²) in [4.78, 5) is 21.4. The van der Waals surface area contributed by atoms with Crippen LogP contribution in [-0.2, 0) is 23.9 Å². The van der Waals surface area contributed by atoms with Crippen LogP contribution in [0.3, 0.4) is 0 Å². The van der Waals surface area contributed by atoms with Crippen molar-refractivity contribution in [3.63, 3.8) is 0 Å². The summed E-state index contributed by atoms with van der Waals surface area (Å²) < 4.78 is 49.4. The van der Waals surface area contributed by atoms with Gasteiger partial charge in [0.15, 0.2) is 0 Å². The Bertz CT molecular complexity index is 911. The molecule has 1 fully saturated rings. The number of nitrogens with one attached hydrogen (secondary N) is 1. The van der Waals surface area contributed by atoms with Crippen molar-refractivity contribution in [3.05, 3.63) is 46.9 Å². The first-order valence-corrected chi connectivity index (χ1v) is 10.3. The van der Waals surface area contributed by atoms with Crippen LogP contribution >= 0.6 is 0 Å². The first-order valence-electron chi connectivity index (χ1n) is 10.3. The minimum Gasteiger partial charge on any atom is -0.366 e. The number of fused-ring (bicyclic) bond motifs is 1. The number of aryl methyl sites for hydroxylation is 2. The number of pyridine rings is 2. The number of carbonyl (C=O) groups is 1. The molecule has 1 amide bonds. The molecule has 0 spiro atoms. The lowest BCUT2D eigenvalue weighted by atomic mass is 9.98. The Morgan fingerprint density at radius 2 is 1.97 bits per heavy atom. The molecule has 31 heavy (non-hydrogen) atoms. The van der Waals surface area contributed by atoms with Gasteiger partial charge >= 0.3 is 6.18 Å². The highest BCUT2D eigenvalue weighted by Crippen LogP contribution is 2.31. The van der Waals surface area contributed by atoms with Gasteiger partial charge in [-0.25, -0.2) is 9.37 Å². The Morgan fingerprint density at radius 1 is 1.26 bits per heavy atom. The maximum atomic E-state index is 12.6. The van der Waals surface area contributed by atoms with E-state index in [1.165, 1.54) is 19.2 Å². The third-order valence-electron chi connectivity index (χ3n) is 5.27. The summed E-state index contributed by atoms with van der Waals surface area (Å²) >= 11 is 0. The third kappa shape index (κ3) is 6.15. The molecule has 4 rings (SSSR count). The van der Waals surface area contributed by atoms with Gasteiger partial charge in [0, 0.05) is 26.2 Å². The van der Waals surface area contributed by atoms with Gasteiger partial charge < -0.3 is 10.2 Å². The maximum absolute atomic E-state index is 12.6. The molecule has 1 aliphatic carbocycles. The molecule has 0 aromatic carbocycles. The highest BCUT2D eigenvalue weighted by Gasteiger charge is 2.32. The van der Waals surface area contributed by atoms with Gasteiger partial charge in [0.1, 0.15) is 17.7 Å². The van der Waals surface area contributed by atoms with Crippen molar-refractivity contribution in [2.75, 3.05) is 16.8 Å². The Labute approximate surface area is 178 Å². The van der Waals surface area contributed by atoms with Gasteiger partial charge in [0.05, 0.1) is 11.4 Å². The van der Waals surface area contributed by atoms with Gasteiger partial charge in [0.2, 0.25) is 5.91 Å². The highest BCUT2D eigenvalue weighted by atomic mass is 19.4. The van der Waals surface area contributed by atoms with Crippen LogP contribution in [0.4, 0.5) is 29.1 Å². The normalized spacial score (nSPS) is 16.0. The highest BCUT2D eigenvalue weighted by molar-refractivity contribution is 5.88. The van der Waals surface area contributed by atoms with E-state index in [4.69, 9.17) is 0 Å². The van der Waals surface area contributed by atoms with E-state index >= 15 is 0 Å². The van der Waals surface area contributed by atoms with Gasteiger partial charge in [-0.15, -0.1) is 0 Å². The first-order chi connectivity index (χ1) is 14.6. The molecule has 1 aliphatic heterocycles. The van der Waals surface area contributed by atoms with Crippen molar-refractivity contribution < 1.29 is 22.4 Å². The van der Waals surface area contributed by atoms with Crippen LogP contribution in [-0.4, -0.2) is 28.6 Å². The number of carbonyl (C=O) groups excluding carboxylic acids is 1. The number of nitrogens with zero attached hydrogens (tertiary/aromatic N) is 3. The molecule has 3 heterocycles. The molecule has 0 radical (unpaired) electrons. The number of hydrogen-bond acceptors (Lipinski definition) is 4. The number of anilines is 2. The van der Waals surface area contributed by atoms with E-state index in [0.29, 0.717) is 17.9 Å². The average Bonchev–Trinajstić information content (AvgIpc) is 2.67. The molecule has 2 aromatic rings. The van der Waals surface area contributed by atoms with Crippen LogP contribution in [0.1, 0.15) is 55.1 Å². The van der Waals surface area contributed by atoms with Crippen LogP contribution in [0.25, 0.3) is 0 Å². The largest absolute Gasteiger partial charge is 0.433 e. The van der Waals surface area contributed by atoms with Crippen molar-refractivity contribution in [1.82, 2.24) is 9.97 Å². The van der Waals surface area contributed by atoms with E-state index in [9.17, 15) is 22.4 Å². The predicted molar refractivity (Wildman–Crippen MR) is 111 cm³/mol. The summed E-state index contributed by atoms with van der Waals surface area (Å²) in [6.07, 6.45) is 0.831. The molecule has 1 saturated carbocycles. The van der Waals surface area contributed by atoms with E-state index in [1.54, 1.807) is 0 Å². The predicted octanol–water partition coefficient (Wildman–Crippen LogP) is 5.22. The number of rotatable bonds is 3. The quantitative estimate of drug-likeness (QED) is 0.668. The van der Waals surface area contributed by atoms with E-state index < -0.39 is 18.0 Å². The molecule has 0 unspecified atom stereocenters. The fraction of sp³-hybridized carbons (Fsp3) is 0.500. The molecule has 0 saturated heterocycles. The lowest BCUT2D eigenvalue weighted by Gasteiger charge is -2.31. The van der Waals surface area contributed by atoms with Gasteiger partial charge in [-0.2, -0.15) is 13.2 Å². The fourth-order valence-corrected chi connectivity index (χ4v) is 3.37. The standard InChI is InChI=1S/C18H19F3N4O.C4H7F/c1-11-8-15-14(24-17(11)23-12(2)26)4-3-7-25(15)10-13-5-6-16(22-9-13)18(19,20)21;5-4-2-1-3-4/h5-6,8-9H,3-4,7,10H2,1-2H3,(H,23,24,26);4H,1-3H2. The molecular weight excluding hydrogens is 412 g/mol. The van der Waals surface area contributed by atoms with Crippen molar-refractivity contribution in [2.24, 2.45) is 0 Å². The lowest BCUT2D eigenvalue weighted by Crippen LogP contribution is -2.30. The zero-order valence-electron chi connectivity index (χ0n) is 17.6. The Hall–Kier alpha value is -2.71. The van der Waals surface area contributed by atoms with Crippen molar-refractivity contribution in [3.8, 4) is 0 Å². The van der Waals surface area contributed by atoms with E-state index in [-0.39, 0.29) is 5.91 Å². The SMILES string of the molecule is CC(=O)Nc1nc2c(cc1C)N(Cc1ccc(C(F)(F)F)nc1)CCC2.FC1CCC1. The molecule has 168 valence electrons. The molecule has 0 bridgehead atoms. The smallest absolute Gasteiger partial charge is 0.366 e. The van der Waals surface area contributed by atoms with Gasteiger partial charge in [0.25, 0.3) is 0 Å². The van der Waals surface area contributed by atoms with Gasteiger partial charge in [-0.3, -0.25) is 9.78 Å². The van der Waals surface area contributed by atoms with Crippen LogP contribution in [0.2, 0.25) is 0 Å². The van der Waals surface area contributed by atoms with Crippen molar-refractivity contribution in [1.29, 1.82) is 0 Å². The topological polar surface area (TPSA) is 58.1 Å². The van der Waals surface area contributed by atoms with Crippen molar-refractivity contribution in [2.45, 2.75) is 64.8 Å². The molecule has 5 nitrogen and oxygen atoms in total. The lowest BCUT2D eigenvalue weighted by molar-refractivity contribution is -0.141. The fourth-order valence-electron chi connectivity index (χ4n) is 3.37. The van der Waals surface area contributed by atoms with Crippen LogP contribution < -0.4 is 10.2 Å². The minimum atomic E-state index is -4.43. The summed E-state index contributed by atoms with van der Waals surface area (Å²) in [6.45, 7) is 4.54. The van der Waals surface area contributed by atoms with E-state index in [2.05, 4.69) is 20.2 Å². The molecule has 2 aromatic heterocycles. The maximum Gasteiger partial charge on any atom is 0.433 e. The Kier molecular flexibility index (Phi) is 7.12. The number of hydrogen-bond donors (Lipinski definition) is 1. The monoisotopic (exact) mass is 438 g/mol. The zero-order chi connectivity index (χ0) is 22.6. The van der Waals surface area contributed by atoms with Crippen molar-refractivity contribution >= 4 is 17.4 Å². The number of alkyl halides is 4. The summed E-state index contributed by atoms with van der Waals surface area (Å²) in [5.41, 5.74) is 2.48. The second kappa shape index (κ2) is 9.62. The summed E-state index contributed by atoms with van der Waals surface area (Å²) in [7, 11) is 0. The van der Waals surface area contributed by atoms with Gasteiger partial charge in [-0.1, -0.05) is 6.07 Å². The summed E-state index contributed by atoms with van der Waals surface area (Å²) in [5, 5.41) is 2.72. The second-order valence-corrected chi connectivity index (χ2v) is 7.90. The minimum absolute atomic E-state index is 0.177. The average molecular weight is 438 g/mol. The van der Waals surface area contributed by atoms with Gasteiger partial charge in [-0.05, 0) is 62.3 Å². The van der Waals surface area contributed by atoms with Crippen LogP contribution in [0, 0.1) is 6.92 Å². The molecule has 1 N–H and O–H groups in total. The number of halogens is 4. The summed E-state index contributed by atoms with van der Waals surface area (Å²) in [6, 6.07) is 4.42. The second-order valence-electron chi connectivity index (χ2n) is 7.90. The molecule has 0 atom stereocenters. The van der Waals surface area contributed by atoms with Crippen LogP contribution in [0.15, 0.2) is 24.4 Å².